The van der Waals surface area contributed by atoms with Gasteiger partial charge in [-0.3, -0.25) is 0 Å². The maximum atomic E-state index is 12.3. The summed E-state index contributed by atoms with van der Waals surface area (Å²) in [7, 11) is -3.59. The van der Waals surface area contributed by atoms with Crippen LogP contribution in [0.3, 0.4) is 0 Å². The molecule has 2 rings (SSSR count). The van der Waals surface area contributed by atoms with Crippen LogP contribution in [0.2, 0.25) is 0 Å². The SMILES string of the molecule is Cc1ncsc1CNS(=O)(=O)c1cc(CN)ccc1Br. The van der Waals surface area contributed by atoms with E-state index in [4.69, 9.17) is 5.73 Å². The summed E-state index contributed by atoms with van der Waals surface area (Å²) in [6.45, 7) is 2.38. The Morgan fingerprint density at radius 3 is 2.80 bits per heavy atom. The molecule has 20 heavy (non-hydrogen) atoms. The molecule has 0 spiro atoms. The molecule has 108 valence electrons. The molecule has 0 saturated carbocycles. The van der Waals surface area contributed by atoms with Gasteiger partial charge in [0.25, 0.3) is 0 Å². The van der Waals surface area contributed by atoms with Gasteiger partial charge < -0.3 is 5.73 Å². The number of nitrogens with two attached hydrogens (primary N) is 1. The number of benzene rings is 1. The number of sulfonamides is 1. The lowest BCUT2D eigenvalue weighted by Crippen LogP contribution is -2.23. The van der Waals surface area contributed by atoms with Gasteiger partial charge in [0, 0.05) is 22.4 Å². The molecular weight excluding hydrogens is 362 g/mol. The topological polar surface area (TPSA) is 85.1 Å². The zero-order valence-corrected chi connectivity index (χ0v) is 14.0. The van der Waals surface area contributed by atoms with E-state index < -0.39 is 10.0 Å². The van der Waals surface area contributed by atoms with Gasteiger partial charge >= 0.3 is 0 Å². The van der Waals surface area contributed by atoms with Crippen LogP contribution in [0.15, 0.2) is 33.1 Å². The Labute approximate surface area is 130 Å². The maximum Gasteiger partial charge on any atom is 0.242 e. The zero-order valence-electron chi connectivity index (χ0n) is 10.8. The maximum absolute atomic E-state index is 12.3. The first-order valence-electron chi connectivity index (χ1n) is 5.81. The van der Waals surface area contributed by atoms with Crippen molar-refractivity contribution in [1.82, 2.24) is 9.71 Å². The smallest absolute Gasteiger partial charge is 0.242 e. The van der Waals surface area contributed by atoms with Crippen molar-refractivity contribution in [2.45, 2.75) is 24.9 Å². The number of aromatic nitrogens is 1. The summed E-state index contributed by atoms with van der Waals surface area (Å²) < 4.78 is 27.8. The third kappa shape index (κ3) is 3.44. The second-order valence-electron chi connectivity index (χ2n) is 4.15. The van der Waals surface area contributed by atoms with E-state index in [-0.39, 0.29) is 11.4 Å². The molecular formula is C12H14BrN3O2S2. The molecule has 0 saturated heterocycles. The summed E-state index contributed by atoms with van der Waals surface area (Å²) in [5, 5.41) is 0. The van der Waals surface area contributed by atoms with Gasteiger partial charge in [0.1, 0.15) is 0 Å². The molecule has 0 aliphatic carbocycles. The Morgan fingerprint density at radius 2 is 2.20 bits per heavy atom. The van der Waals surface area contributed by atoms with E-state index in [2.05, 4.69) is 25.6 Å². The molecule has 8 heteroatoms. The standard InChI is InChI=1S/C12H14BrN3O2S2/c1-8-11(19-7-15-8)6-16-20(17,18)12-4-9(5-14)2-3-10(12)13/h2-4,7,16H,5-6,14H2,1H3. The van der Waals surface area contributed by atoms with E-state index in [0.717, 1.165) is 16.1 Å². The summed E-state index contributed by atoms with van der Waals surface area (Å²) >= 11 is 4.69. The van der Waals surface area contributed by atoms with Crippen molar-refractivity contribution in [3.05, 3.63) is 44.3 Å². The molecule has 1 aromatic carbocycles. The van der Waals surface area contributed by atoms with Crippen LogP contribution in [0.1, 0.15) is 16.1 Å². The molecule has 1 aromatic heterocycles. The van der Waals surface area contributed by atoms with Gasteiger partial charge in [-0.05, 0) is 40.5 Å². The van der Waals surface area contributed by atoms with Gasteiger partial charge in [0.05, 0.1) is 16.1 Å². The molecule has 0 fully saturated rings. The van der Waals surface area contributed by atoms with E-state index >= 15 is 0 Å². The van der Waals surface area contributed by atoms with Crippen molar-refractivity contribution in [1.29, 1.82) is 0 Å². The minimum Gasteiger partial charge on any atom is -0.326 e. The molecule has 0 atom stereocenters. The first kappa shape index (κ1) is 15.6. The second kappa shape index (κ2) is 6.31. The molecule has 0 radical (unpaired) electrons. The molecule has 0 amide bonds. The molecule has 0 aliphatic rings. The Kier molecular flexibility index (Phi) is 4.92. The van der Waals surface area contributed by atoms with Crippen molar-refractivity contribution in [3.63, 3.8) is 0 Å². The molecule has 5 nitrogen and oxygen atoms in total. The van der Waals surface area contributed by atoms with Crippen LogP contribution in [0, 0.1) is 6.92 Å². The van der Waals surface area contributed by atoms with Crippen LogP contribution in [0.5, 0.6) is 0 Å². The minimum absolute atomic E-state index is 0.197. The number of nitrogens with zero attached hydrogens (tertiary/aromatic N) is 1. The first-order chi connectivity index (χ1) is 9.44. The lowest BCUT2D eigenvalue weighted by atomic mass is 10.2. The van der Waals surface area contributed by atoms with Gasteiger partial charge in [-0.25, -0.2) is 18.1 Å². The van der Waals surface area contributed by atoms with Crippen molar-refractivity contribution in [2.24, 2.45) is 5.73 Å². The molecule has 3 N–H and O–H groups in total. The van der Waals surface area contributed by atoms with E-state index in [1.807, 2.05) is 6.92 Å². The summed E-state index contributed by atoms with van der Waals surface area (Å²) in [5.41, 5.74) is 8.85. The molecule has 0 unspecified atom stereocenters. The largest absolute Gasteiger partial charge is 0.326 e. The van der Waals surface area contributed by atoms with Gasteiger partial charge in [-0.15, -0.1) is 11.3 Å². The van der Waals surface area contributed by atoms with Crippen LogP contribution in [0.25, 0.3) is 0 Å². The van der Waals surface area contributed by atoms with Crippen molar-refractivity contribution >= 4 is 37.3 Å². The summed E-state index contributed by atoms with van der Waals surface area (Å²) in [5.74, 6) is 0. The van der Waals surface area contributed by atoms with Crippen LogP contribution >= 0.6 is 27.3 Å². The number of nitrogens with one attached hydrogen (secondary N) is 1. The molecule has 0 aliphatic heterocycles. The fraction of sp³-hybridized carbons (Fsp3) is 0.250. The number of thiazole rings is 1. The number of rotatable bonds is 5. The monoisotopic (exact) mass is 375 g/mol. The number of hydrogen-bond donors (Lipinski definition) is 2. The first-order valence-corrected chi connectivity index (χ1v) is 8.96. The fourth-order valence-electron chi connectivity index (χ4n) is 1.61. The normalized spacial score (nSPS) is 11.8. The highest BCUT2D eigenvalue weighted by Crippen LogP contribution is 2.23. The lowest BCUT2D eigenvalue weighted by Gasteiger charge is -2.09. The quantitative estimate of drug-likeness (QED) is 0.838. The van der Waals surface area contributed by atoms with Crippen LogP contribution in [-0.2, 0) is 23.1 Å². The number of aryl methyl sites for hydroxylation is 1. The van der Waals surface area contributed by atoms with Crippen LogP contribution in [0.4, 0.5) is 0 Å². The second-order valence-corrected chi connectivity index (χ2v) is 7.68. The van der Waals surface area contributed by atoms with Crippen LogP contribution < -0.4 is 10.5 Å². The van der Waals surface area contributed by atoms with E-state index in [1.165, 1.54) is 11.3 Å². The van der Waals surface area contributed by atoms with E-state index in [9.17, 15) is 8.42 Å². The Balaban J connectivity index is 2.24. The van der Waals surface area contributed by atoms with Gasteiger partial charge in [-0.2, -0.15) is 0 Å². The summed E-state index contributed by atoms with van der Waals surface area (Å²) in [4.78, 5) is 5.19. The highest BCUT2D eigenvalue weighted by Gasteiger charge is 2.18. The highest BCUT2D eigenvalue weighted by atomic mass is 79.9. The molecule has 0 bridgehead atoms. The number of halogens is 1. The molecule has 1 heterocycles. The van der Waals surface area contributed by atoms with E-state index in [0.29, 0.717) is 11.0 Å². The third-order valence-electron chi connectivity index (χ3n) is 2.79. The van der Waals surface area contributed by atoms with Crippen molar-refractivity contribution in [2.75, 3.05) is 0 Å². The van der Waals surface area contributed by atoms with E-state index in [1.54, 1.807) is 23.7 Å². The predicted molar refractivity (Wildman–Crippen MR) is 82.9 cm³/mol. The van der Waals surface area contributed by atoms with Crippen molar-refractivity contribution < 1.29 is 8.42 Å². The third-order valence-corrected chi connectivity index (χ3v) is 6.12. The average Bonchev–Trinajstić information content (AvgIpc) is 2.82. The highest BCUT2D eigenvalue weighted by molar-refractivity contribution is 9.10. The van der Waals surface area contributed by atoms with Gasteiger partial charge in [0.2, 0.25) is 10.0 Å². The molecule has 2 aromatic rings. The zero-order chi connectivity index (χ0) is 14.8. The minimum atomic E-state index is -3.59. The Bertz CT molecular complexity index is 713. The lowest BCUT2D eigenvalue weighted by molar-refractivity contribution is 0.581. The summed E-state index contributed by atoms with van der Waals surface area (Å²) in [6, 6.07) is 5.05. The fourth-order valence-corrected chi connectivity index (χ4v) is 4.43. The Morgan fingerprint density at radius 1 is 1.45 bits per heavy atom. The van der Waals surface area contributed by atoms with Crippen molar-refractivity contribution in [3.8, 4) is 0 Å². The summed E-state index contributed by atoms with van der Waals surface area (Å²) in [6.07, 6.45) is 0. The van der Waals surface area contributed by atoms with Crippen LogP contribution in [-0.4, -0.2) is 13.4 Å². The van der Waals surface area contributed by atoms with Gasteiger partial charge in [-0.1, -0.05) is 6.07 Å². The predicted octanol–water partition coefficient (Wildman–Crippen LogP) is 2.15. The van der Waals surface area contributed by atoms with Gasteiger partial charge in [0.15, 0.2) is 0 Å². The Hall–Kier alpha value is -0.800. The number of hydrogen-bond acceptors (Lipinski definition) is 5. The average molecular weight is 376 g/mol.